The highest BCUT2D eigenvalue weighted by molar-refractivity contribution is 6.31. The quantitative estimate of drug-likeness (QED) is 0.871. The van der Waals surface area contributed by atoms with Gasteiger partial charge in [-0.2, -0.15) is 0 Å². The second kappa shape index (κ2) is 4.37. The average Bonchev–Trinajstić information content (AvgIpc) is 2.32. The summed E-state index contributed by atoms with van der Waals surface area (Å²) in [5.41, 5.74) is 0.961. The minimum atomic E-state index is 0.0863. The van der Waals surface area contributed by atoms with E-state index in [1.165, 1.54) is 25.6 Å². The molecule has 0 bridgehead atoms. The molecule has 0 spiro atoms. The van der Waals surface area contributed by atoms with E-state index in [0.29, 0.717) is 22.2 Å². The Morgan fingerprint density at radius 3 is 2.75 bits per heavy atom. The maximum Gasteiger partial charge on any atom is 0.240 e. The fourth-order valence-electron chi connectivity index (χ4n) is 1.36. The average molecular weight is 237 g/mol. The summed E-state index contributed by atoms with van der Waals surface area (Å²) in [6.07, 6.45) is 3.04. The van der Waals surface area contributed by atoms with Gasteiger partial charge in [0.05, 0.1) is 7.11 Å². The van der Waals surface area contributed by atoms with E-state index < -0.39 is 0 Å². The molecular weight excluding hydrogens is 228 g/mol. The van der Waals surface area contributed by atoms with Crippen molar-refractivity contribution in [3.63, 3.8) is 0 Å². The molecule has 0 aliphatic rings. The Kier molecular flexibility index (Phi) is 2.92. The first-order chi connectivity index (χ1) is 7.72. The first-order valence-electron chi connectivity index (χ1n) is 4.56. The highest BCUT2D eigenvalue weighted by atomic mass is 35.5. The molecule has 4 nitrogen and oxygen atoms in total. The third-order valence-electron chi connectivity index (χ3n) is 2.07. The molecule has 1 N–H and O–H groups in total. The van der Waals surface area contributed by atoms with Crippen LogP contribution in [0.4, 0.5) is 0 Å². The van der Waals surface area contributed by atoms with Crippen LogP contribution in [0.3, 0.4) is 0 Å². The Labute approximate surface area is 97.5 Å². The first-order valence-corrected chi connectivity index (χ1v) is 4.94. The highest BCUT2D eigenvalue weighted by Crippen LogP contribution is 2.34. The van der Waals surface area contributed by atoms with E-state index in [0.717, 1.165) is 0 Å². The lowest BCUT2D eigenvalue weighted by Gasteiger charge is -2.07. The second-order valence-corrected chi connectivity index (χ2v) is 3.51. The predicted octanol–water partition coefficient (Wildman–Crippen LogP) is 2.51. The number of halogens is 1. The van der Waals surface area contributed by atoms with Crippen molar-refractivity contribution in [2.75, 3.05) is 7.11 Å². The van der Waals surface area contributed by atoms with Gasteiger partial charge in [0.25, 0.3) is 0 Å². The zero-order chi connectivity index (χ0) is 11.5. The lowest BCUT2D eigenvalue weighted by atomic mass is 10.1. The molecule has 1 aromatic carbocycles. The van der Waals surface area contributed by atoms with Crippen molar-refractivity contribution in [3.05, 3.63) is 35.6 Å². The summed E-state index contributed by atoms with van der Waals surface area (Å²) in [6, 6.07) is 4.72. The second-order valence-electron chi connectivity index (χ2n) is 3.08. The van der Waals surface area contributed by atoms with Crippen LogP contribution in [0.25, 0.3) is 11.3 Å². The molecular formula is C11H9ClN2O2. The molecule has 0 saturated heterocycles. The Bertz CT molecular complexity index is 517. The lowest BCUT2D eigenvalue weighted by Crippen LogP contribution is -1.94. The third kappa shape index (κ3) is 1.92. The highest BCUT2D eigenvalue weighted by Gasteiger charge is 2.12. The molecule has 2 aromatic rings. The van der Waals surface area contributed by atoms with Gasteiger partial charge < -0.3 is 9.84 Å². The zero-order valence-corrected chi connectivity index (χ0v) is 9.27. The number of ether oxygens (including phenoxy) is 1. The van der Waals surface area contributed by atoms with Crippen LogP contribution in [0.15, 0.2) is 30.6 Å². The molecule has 16 heavy (non-hydrogen) atoms. The minimum absolute atomic E-state index is 0.0863. The van der Waals surface area contributed by atoms with Gasteiger partial charge in [-0.3, -0.25) is 0 Å². The number of phenolic OH excluding ortho intramolecular Hbond substituents is 1. The van der Waals surface area contributed by atoms with Crippen molar-refractivity contribution >= 4 is 11.6 Å². The van der Waals surface area contributed by atoms with E-state index in [4.69, 9.17) is 16.3 Å². The number of methoxy groups -OCH3 is 1. The van der Waals surface area contributed by atoms with Crippen molar-refractivity contribution in [2.24, 2.45) is 0 Å². The molecule has 2 rings (SSSR count). The maximum atomic E-state index is 9.73. The first kappa shape index (κ1) is 10.7. The Hall–Kier alpha value is -1.81. The topological polar surface area (TPSA) is 55.2 Å². The van der Waals surface area contributed by atoms with Crippen LogP contribution in [0.5, 0.6) is 11.6 Å². The summed E-state index contributed by atoms with van der Waals surface area (Å²) >= 11 is 5.86. The van der Waals surface area contributed by atoms with Crippen LogP contribution < -0.4 is 4.74 Å². The molecule has 0 aliphatic carbocycles. The number of rotatable bonds is 2. The summed E-state index contributed by atoms with van der Waals surface area (Å²) in [7, 11) is 1.50. The number of aromatic hydroxyl groups is 1. The van der Waals surface area contributed by atoms with Gasteiger partial charge in [0.15, 0.2) is 0 Å². The van der Waals surface area contributed by atoms with E-state index >= 15 is 0 Å². The van der Waals surface area contributed by atoms with Crippen LogP contribution >= 0.6 is 11.6 Å². The molecule has 0 saturated carbocycles. The molecule has 1 aromatic heterocycles. The fourth-order valence-corrected chi connectivity index (χ4v) is 1.53. The lowest BCUT2D eigenvalue weighted by molar-refractivity contribution is 0.397. The summed E-state index contributed by atoms with van der Waals surface area (Å²) in [4.78, 5) is 8.12. The van der Waals surface area contributed by atoms with Crippen LogP contribution in [0.2, 0.25) is 5.02 Å². The summed E-state index contributed by atoms with van der Waals surface area (Å²) in [6.45, 7) is 0. The molecule has 0 unspecified atom stereocenters. The van der Waals surface area contributed by atoms with Crippen LogP contribution in [-0.4, -0.2) is 22.2 Å². The van der Waals surface area contributed by atoms with Crippen molar-refractivity contribution in [2.45, 2.75) is 0 Å². The van der Waals surface area contributed by atoms with Gasteiger partial charge in [-0.1, -0.05) is 11.6 Å². The van der Waals surface area contributed by atoms with Gasteiger partial charge in [-0.05, 0) is 18.2 Å². The Morgan fingerprint density at radius 2 is 2.00 bits per heavy atom. The van der Waals surface area contributed by atoms with E-state index in [9.17, 15) is 5.11 Å². The van der Waals surface area contributed by atoms with Crippen molar-refractivity contribution in [1.82, 2.24) is 9.97 Å². The SMILES string of the molecule is COc1nccnc1-c1cc(Cl)ccc1O. The van der Waals surface area contributed by atoms with Gasteiger partial charge >= 0.3 is 0 Å². The number of hydrogen-bond donors (Lipinski definition) is 1. The van der Waals surface area contributed by atoms with E-state index in [2.05, 4.69) is 9.97 Å². The van der Waals surface area contributed by atoms with E-state index in [-0.39, 0.29) is 5.75 Å². The zero-order valence-electron chi connectivity index (χ0n) is 8.51. The van der Waals surface area contributed by atoms with Gasteiger partial charge in [0.1, 0.15) is 11.4 Å². The fraction of sp³-hybridized carbons (Fsp3) is 0.0909. The standard InChI is InChI=1S/C11H9ClN2O2/c1-16-11-10(13-4-5-14-11)8-6-7(12)2-3-9(8)15/h2-6,15H,1H3. The van der Waals surface area contributed by atoms with Crippen LogP contribution in [0.1, 0.15) is 0 Å². The predicted molar refractivity (Wildman–Crippen MR) is 60.7 cm³/mol. The molecule has 82 valence electrons. The largest absolute Gasteiger partial charge is 0.507 e. The monoisotopic (exact) mass is 236 g/mol. The minimum Gasteiger partial charge on any atom is -0.507 e. The van der Waals surface area contributed by atoms with Crippen molar-refractivity contribution < 1.29 is 9.84 Å². The number of aromatic nitrogens is 2. The van der Waals surface area contributed by atoms with E-state index in [1.807, 2.05) is 0 Å². The molecule has 0 amide bonds. The summed E-state index contributed by atoms with van der Waals surface area (Å²) in [5, 5.41) is 10.2. The number of benzene rings is 1. The number of phenols is 1. The molecule has 1 heterocycles. The molecule has 0 fully saturated rings. The van der Waals surface area contributed by atoms with Gasteiger partial charge in [-0.15, -0.1) is 0 Å². The smallest absolute Gasteiger partial charge is 0.240 e. The van der Waals surface area contributed by atoms with Gasteiger partial charge in [-0.25, -0.2) is 9.97 Å². The molecule has 0 atom stereocenters. The molecule has 0 radical (unpaired) electrons. The van der Waals surface area contributed by atoms with Crippen molar-refractivity contribution in [3.8, 4) is 22.9 Å². The Balaban J connectivity index is 2.62. The van der Waals surface area contributed by atoms with E-state index in [1.54, 1.807) is 12.1 Å². The number of nitrogens with zero attached hydrogens (tertiary/aromatic N) is 2. The summed E-state index contributed by atoms with van der Waals surface area (Å²) in [5.74, 6) is 0.434. The van der Waals surface area contributed by atoms with Crippen LogP contribution in [-0.2, 0) is 0 Å². The summed E-state index contributed by atoms with van der Waals surface area (Å²) < 4.78 is 5.07. The normalized spacial score (nSPS) is 10.1. The molecule has 5 heteroatoms. The molecule has 0 aliphatic heterocycles. The maximum absolute atomic E-state index is 9.73. The van der Waals surface area contributed by atoms with Gasteiger partial charge in [0, 0.05) is 23.0 Å². The Morgan fingerprint density at radius 1 is 1.25 bits per heavy atom. The van der Waals surface area contributed by atoms with Crippen molar-refractivity contribution in [1.29, 1.82) is 0 Å². The van der Waals surface area contributed by atoms with Crippen LogP contribution in [0, 0.1) is 0 Å². The number of hydrogen-bond acceptors (Lipinski definition) is 4. The van der Waals surface area contributed by atoms with Gasteiger partial charge in [0.2, 0.25) is 5.88 Å². The third-order valence-corrected chi connectivity index (χ3v) is 2.31.